The highest BCUT2D eigenvalue weighted by Gasteiger charge is 2.39. The molecule has 13 heteroatoms. The Bertz CT molecular complexity index is 1160. The van der Waals surface area contributed by atoms with Crippen molar-refractivity contribution in [2.75, 3.05) is 5.32 Å². The van der Waals surface area contributed by atoms with Gasteiger partial charge in [-0.15, -0.1) is 15.7 Å². The number of hydrogen-bond donors (Lipinski definition) is 3. The molecule has 4 N–H and O–H groups in total. The molecular weight excluding hydrogens is 455 g/mol. The number of halogens is 3. The lowest BCUT2D eigenvalue weighted by atomic mass is 10.0. The number of amides is 2. The molecule has 0 saturated carbocycles. The molecule has 0 aliphatic heterocycles. The van der Waals surface area contributed by atoms with Crippen molar-refractivity contribution >= 4 is 33.0 Å². The van der Waals surface area contributed by atoms with Gasteiger partial charge in [-0.05, 0) is 45.1 Å². The predicted molar refractivity (Wildman–Crippen MR) is 110 cm³/mol. The van der Waals surface area contributed by atoms with E-state index in [9.17, 15) is 27.3 Å². The van der Waals surface area contributed by atoms with Gasteiger partial charge in [-0.25, -0.2) is 24.1 Å². The number of nitrogens with one attached hydrogen (secondary N) is 1. The van der Waals surface area contributed by atoms with Gasteiger partial charge in [0, 0.05) is 11.3 Å². The molecule has 0 bridgehead atoms. The first-order valence-corrected chi connectivity index (χ1v) is 11.7. The van der Waals surface area contributed by atoms with Crippen molar-refractivity contribution in [2.24, 2.45) is 9.50 Å². The zero-order chi connectivity index (χ0) is 23.4. The number of hydrogen-bond acceptors (Lipinski definition) is 6. The van der Waals surface area contributed by atoms with Crippen LogP contribution in [-0.4, -0.2) is 25.3 Å². The van der Waals surface area contributed by atoms with Crippen LogP contribution in [-0.2, 0) is 28.1 Å². The molecule has 8 nitrogen and oxygen atoms in total. The summed E-state index contributed by atoms with van der Waals surface area (Å²) in [6.45, 7) is 5.93. The third-order valence-electron chi connectivity index (χ3n) is 4.88. The van der Waals surface area contributed by atoms with Crippen LogP contribution in [0.2, 0.25) is 0 Å². The van der Waals surface area contributed by atoms with E-state index in [1.807, 2.05) is 0 Å². The molecule has 0 spiro atoms. The van der Waals surface area contributed by atoms with Crippen molar-refractivity contribution in [2.45, 2.75) is 62.4 Å². The third-order valence-corrected chi connectivity index (χ3v) is 8.07. The SMILES string of the molecule is Cc1c(C(F)(F)F)nc2c(c1NC(=O)N=S(N)(=O)c1cnc(C(C)(C)O)s1)CC[C@H]2C. The fourth-order valence-corrected chi connectivity index (χ4v) is 5.39. The molecule has 2 aromatic rings. The van der Waals surface area contributed by atoms with E-state index in [0.29, 0.717) is 18.4 Å². The van der Waals surface area contributed by atoms with E-state index in [2.05, 4.69) is 19.6 Å². The topological polar surface area (TPSA) is 131 Å². The second-order valence-electron chi connectivity index (χ2n) is 7.90. The number of aromatic nitrogens is 2. The maximum Gasteiger partial charge on any atom is 0.433 e. The fourth-order valence-electron chi connectivity index (χ4n) is 3.32. The molecule has 0 radical (unpaired) electrons. The minimum Gasteiger partial charge on any atom is -0.383 e. The Morgan fingerprint density at radius 1 is 1.42 bits per heavy atom. The number of anilines is 1. The van der Waals surface area contributed by atoms with E-state index in [-0.39, 0.29) is 32.1 Å². The highest BCUT2D eigenvalue weighted by Crippen LogP contribution is 2.42. The first-order chi connectivity index (χ1) is 14.1. The minimum atomic E-state index is -4.70. The van der Waals surface area contributed by atoms with Crippen molar-refractivity contribution in [3.05, 3.63) is 33.7 Å². The zero-order valence-electron chi connectivity index (χ0n) is 17.2. The molecule has 170 valence electrons. The van der Waals surface area contributed by atoms with Gasteiger partial charge < -0.3 is 10.4 Å². The maximum atomic E-state index is 13.5. The molecule has 31 heavy (non-hydrogen) atoms. The molecule has 0 aromatic carbocycles. The minimum absolute atomic E-state index is 0.0351. The summed E-state index contributed by atoms with van der Waals surface area (Å²) in [5.41, 5.74) is -1.88. The van der Waals surface area contributed by atoms with Gasteiger partial charge in [-0.1, -0.05) is 6.92 Å². The molecule has 1 aliphatic rings. The number of fused-ring (bicyclic) bond motifs is 1. The largest absolute Gasteiger partial charge is 0.433 e. The summed E-state index contributed by atoms with van der Waals surface area (Å²) >= 11 is 0.830. The normalized spacial score (nSPS) is 18.4. The van der Waals surface area contributed by atoms with Gasteiger partial charge in [0.2, 0.25) is 0 Å². The predicted octanol–water partition coefficient (Wildman–Crippen LogP) is 4.08. The zero-order valence-corrected chi connectivity index (χ0v) is 18.8. The van der Waals surface area contributed by atoms with Crippen LogP contribution in [0.3, 0.4) is 0 Å². The lowest BCUT2D eigenvalue weighted by Crippen LogP contribution is -2.20. The Kier molecular flexibility index (Phi) is 5.93. The average Bonchev–Trinajstić information content (AvgIpc) is 3.23. The highest BCUT2D eigenvalue weighted by molar-refractivity contribution is 7.93. The van der Waals surface area contributed by atoms with Crippen LogP contribution in [0.4, 0.5) is 23.7 Å². The Morgan fingerprint density at radius 3 is 2.61 bits per heavy atom. The van der Waals surface area contributed by atoms with Crippen molar-refractivity contribution < 1.29 is 27.3 Å². The summed E-state index contributed by atoms with van der Waals surface area (Å²) in [4.78, 5) is 20.2. The lowest BCUT2D eigenvalue weighted by molar-refractivity contribution is -0.141. The van der Waals surface area contributed by atoms with Gasteiger partial charge in [-0.3, -0.25) is 0 Å². The smallest absolute Gasteiger partial charge is 0.383 e. The van der Waals surface area contributed by atoms with Gasteiger partial charge in [0.1, 0.15) is 20.5 Å². The fraction of sp³-hybridized carbons (Fsp3) is 0.500. The molecule has 2 heterocycles. The summed E-state index contributed by atoms with van der Waals surface area (Å²) in [5.74, 6) is -0.194. The van der Waals surface area contributed by atoms with Gasteiger partial charge >= 0.3 is 12.2 Å². The standard InChI is InChI=1S/C18H22F3N5O3S2/c1-8-5-6-10-12(8)24-14(18(19,20)21)9(2)13(10)25-16(27)26-31(22,29)11-7-23-15(30-11)17(3,4)28/h7-8,28H,5-6H2,1-4H3,(H3,22,24,25,26,27,29)/t8-,31?/m1/s1. The van der Waals surface area contributed by atoms with Crippen LogP contribution in [0.15, 0.2) is 14.8 Å². The Labute approximate surface area is 181 Å². The molecule has 2 atom stereocenters. The molecule has 0 saturated heterocycles. The quantitative estimate of drug-likeness (QED) is 0.613. The molecule has 1 aliphatic carbocycles. The van der Waals surface area contributed by atoms with E-state index < -0.39 is 33.4 Å². The van der Waals surface area contributed by atoms with E-state index in [1.165, 1.54) is 20.8 Å². The van der Waals surface area contributed by atoms with Crippen LogP contribution in [0.25, 0.3) is 0 Å². The second-order valence-corrected chi connectivity index (χ2v) is 10.9. The van der Waals surface area contributed by atoms with Crippen molar-refractivity contribution in [1.29, 1.82) is 0 Å². The average molecular weight is 478 g/mol. The molecule has 0 fully saturated rings. The summed E-state index contributed by atoms with van der Waals surface area (Å²) in [6, 6.07) is -1.14. The number of urea groups is 1. The van der Waals surface area contributed by atoms with E-state index >= 15 is 0 Å². The van der Waals surface area contributed by atoms with E-state index in [1.54, 1.807) is 6.92 Å². The Balaban J connectivity index is 2.00. The summed E-state index contributed by atoms with van der Waals surface area (Å²) < 4.78 is 56.6. The molecule has 2 aromatic heterocycles. The Hall–Kier alpha value is -2.09. The van der Waals surface area contributed by atoms with Crippen LogP contribution in [0, 0.1) is 6.92 Å². The van der Waals surface area contributed by atoms with Crippen molar-refractivity contribution in [3.63, 3.8) is 0 Å². The molecule has 3 rings (SSSR count). The van der Waals surface area contributed by atoms with Crippen LogP contribution < -0.4 is 10.5 Å². The number of carbonyl (C=O) groups excluding carboxylic acids is 1. The van der Waals surface area contributed by atoms with E-state index in [4.69, 9.17) is 5.14 Å². The summed E-state index contributed by atoms with van der Waals surface area (Å²) in [7, 11) is -3.73. The number of aliphatic hydroxyl groups is 1. The number of carbonyl (C=O) groups is 1. The van der Waals surface area contributed by atoms with Gasteiger partial charge in [0.05, 0.1) is 11.9 Å². The highest BCUT2D eigenvalue weighted by atomic mass is 32.2. The van der Waals surface area contributed by atoms with Crippen LogP contribution in [0.5, 0.6) is 0 Å². The third kappa shape index (κ3) is 4.73. The number of pyridine rings is 1. The van der Waals surface area contributed by atoms with Crippen LogP contribution >= 0.6 is 11.3 Å². The molecular formula is C18H22F3N5O3S2. The maximum absolute atomic E-state index is 13.5. The van der Waals surface area contributed by atoms with Gasteiger partial charge in [0.15, 0.2) is 9.92 Å². The van der Waals surface area contributed by atoms with Gasteiger partial charge in [0.25, 0.3) is 0 Å². The second kappa shape index (κ2) is 7.80. The van der Waals surface area contributed by atoms with E-state index in [0.717, 1.165) is 17.5 Å². The monoisotopic (exact) mass is 477 g/mol. The Morgan fingerprint density at radius 2 is 2.06 bits per heavy atom. The molecule has 1 unspecified atom stereocenters. The number of thiazole rings is 1. The van der Waals surface area contributed by atoms with Crippen molar-refractivity contribution in [1.82, 2.24) is 9.97 Å². The first kappa shape index (κ1) is 23.6. The molecule has 2 amide bonds. The summed E-state index contributed by atoms with van der Waals surface area (Å²) in [5, 5.41) is 18.3. The van der Waals surface area contributed by atoms with Crippen molar-refractivity contribution in [3.8, 4) is 0 Å². The number of rotatable bonds is 3. The summed E-state index contributed by atoms with van der Waals surface area (Å²) in [6.07, 6.45) is -2.51. The lowest BCUT2D eigenvalue weighted by Gasteiger charge is -2.18. The number of nitrogens with two attached hydrogens (primary N) is 1. The first-order valence-electron chi connectivity index (χ1n) is 9.26. The van der Waals surface area contributed by atoms with Gasteiger partial charge in [-0.2, -0.15) is 13.2 Å². The van der Waals surface area contributed by atoms with Crippen LogP contribution in [0.1, 0.15) is 60.6 Å². The number of nitrogens with zero attached hydrogens (tertiary/aromatic N) is 3. The number of alkyl halides is 3.